The number of rotatable bonds is 1. The number of halogens is 1. The molecular formula is C13H13FN4. The van der Waals surface area contributed by atoms with E-state index in [0.29, 0.717) is 11.0 Å². The Morgan fingerprint density at radius 1 is 1.33 bits per heavy atom. The number of aromatic nitrogens is 2. The first-order valence-electron chi connectivity index (χ1n) is 5.86. The first-order chi connectivity index (χ1) is 8.75. The van der Waals surface area contributed by atoms with Crippen LogP contribution in [0.2, 0.25) is 0 Å². The lowest BCUT2D eigenvalue weighted by molar-refractivity contribution is 0.628. The third-order valence-corrected chi connectivity index (χ3v) is 3.10. The molecular weight excluding hydrogens is 231 g/mol. The fourth-order valence-electron chi connectivity index (χ4n) is 2.10. The highest BCUT2D eigenvalue weighted by Gasteiger charge is 2.11. The summed E-state index contributed by atoms with van der Waals surface area (Å²) >= 11 is 0. The van der Waals surface area contributed by atoms with Crippen molar-refractivity contribution in [1.29, 1.82) is 0 Å². The normalized spacial score (nSPS) is 15.7. The Bertz CT molecular complexity index is 636. The maximum atomic E-state index is 13.4. The van der Waals surface area contributed by atoms with Crippen LogP contribution in [-0.4, -0.2) is 23.1 Å². The molecule has 0 saturated heterocycles. The molecule has 92 valence electrons. The van der Waals surface area contributed by atoms with Crippen molar-refractivity contribution in [3.05, 3.63) is 35.9 Å². The molecule has 1 aliphatic rings. The summed E-state index contributed by atoms with van der Waals surface area (Å²) in [5, 5.41) is 3.24. The van der Waals surface area contributed by atoms with Crippen LogP contribution in [0.25, 0.3) is 16.6 Å². The third-order valence-electron chi connectivity index (χ3n) is 3.10. The van der Waals surface area contributed by atoms with Crippen LogP contribution >= 0.6 is 0 Å². The van der Waals surface area contributed by atoms with Crippen LogP contribution in [0.4, 0.5) is 10.1 Å². The standard InChI is InChI=1S/C13H13FN4/c14-9-7-17-11-2-1-10(18-13(11)12(9)15)8-3-5-16-6-4-8/h1-3,7,16H,4-6H2,(H2,15,17). The van der Waals surface area contributed by atoms with Gasteiger partial charge in [0, 0.05) is 6.54 Å². The molecule has 3 N–H and O–H groups in total. The summed E-state index contributed by atoms with van der Waals surface area (Å²) in [4.78, 5) is 8.41. The molecule has 0 unspecified atom stereocenters. The van der Waals surface area contributed by atoms with Gasteiger partial charge in [0.1, 0.15) is 5.52 Å². The Hall–Kier alpha value is -2.01. The van der Waals surface area contributed by atoms with Gasteiger partial charge in [0.2, 0.25) is 0 Å². The van der Waals surface area contributed by atoms with E-state index in [1.54, 1.807) is 0 Å². The molecule has 3 heterocycles. The molecule has 4 nitrogen and oxygen atoms in total. The number of nitrogens with two attached hydrogens (primary N) is 1. The van der Waals surface area contributed by atoms with Crippen molar-refractivity contribution in [2.75, 3.05) is 18.8 Å². The molecule has 2 aromatic heterocycles. The summed E-state index contributed by atoms with van der Waals surface area (Å²) in [6.07, 6.45) is 4.14. The maximum Gasteiger partial charge on any atom is 0.166 e. The lowest BCUT2D eigenvalue weighted by Crippen LogP contribution is -2.20. The number of anilines is 1. The lowest BCUT2D eigenvalue weighted by atomic mass is 10.0. The molecule has 2 aromatic rings. The first-order valence-corrected chi connectivity index (χ1v) is 5.86. The fraction of sp³-hybridized carbons (Fsp3) is 0.231. The minimum atomic E-state index is -0.522. The number of fused-ring (bicyclic) bond motifs is 1. The molecule has 18 heavy (non-hydrogen) atoms. The van der Waals surface area contributed by atoms with Gasteiger partial charge in [-0.1, -0.05) is 6.08 Å². The Kier molecular flexibility index (Phi) is 2.68. The van der Waals surface area contributed by atoms with E-state index in [1.165, 1.54) is 5.57 Å². The molecule has 0 radical (unpaired) electrons. The Balaban J connectivity index is 2.15. The molecule has 5 heteroatoms. The molecule has 0 saturated carbocycles. The molecule has 0 amide bonds. The van der Waals surface area contributed by atoms with Gasteiger partial charge in [0.05, 0.1) is 23.1 Å². The van der Waals surface area contributed by atoms with Crippen LogP contribution < -0.4 is 11.1 Å². The van der Waals surface area contributed by atoms with Crippen LogP contribution in [0.3, 0.4) is 0 Å². The van der Waals surface area contributed by atoms with Crippen molar-refractivity contribution >= 4 is 22.3 Å². The van der Waals surface area contributed by atoms with Gasteiger partial charge < -0.3 is 11.1 Å². The summed E-state index contributed by atoms with van der Waals surface area (Å²) in [5.41, 5.74) is 8.84. The lowest BCUT2D eigenvalue weighted by Gasteiger charge is -2.14. The monoisotopic (exact) mass is 244 g/mol. The van der Waals surface area contributed by atoms with E-state index in [1.807, 2.05) is 12.1 Å². The van der Waals surface area contributed by atoms with E-state index in [4.69, 9.17) is 5.73 Å². The fourth-order valence-corrected chi connectivity index (χ4v) is 2.10. The van der Waals surface area contributed by atoms with E-state index < -0.39 is 5.82 Å². The van der Waals surface area contributed by atoms with Gasteiger partial charge in [-0.05, 0) is 30.7 Å². The zero-order valence-electron chi connectivity index (χ0n) is 9.78. The number of nitrogens with zero attached hydrogens (tertiary/aromatic N) is 2. The number of pyridine rings is 2. The molecule has 0 aliphatic carbocycles. The van der Waals surface area contributed by atoms with Crippen LogP contribution in [0.15, 0.2) is 24.4 Å². The van der Waals surface area contributed by atoms with Gasteiger partial charge in [0.25, 0.3) is 0 Å². The molecule has 0 fully saturated rings. The van der Waals surface area contributed by atoms with Crippen LogP contribution in [0.5, 0.6) is 0 Å². The van der Waals surface area contributed by atoms with Crippen molar-refractivity contribution in [3.63, 3.8) is 0 Å². The number of nitrogen functional groups attached to an aromatic ring is 1. The predicted octanol–water partition coefficient (Wildman–Crippen LogP) is 1.73. The third kappa shape index (κ3) is 1.82. The molecule has 0 spiro atoms. The van der Waals surface area contributed by atoms with Crippen molar-refractivity contribution < 1.29 is 4.39 Å². The van der Waals surface area contributed by atoms with Gasteiger partial charge in [-0.15, -0.1) is 0 Å². The quantitative estimate of drug-likeness (QED) is 0.801. The highest BCUT2D eigenvalue weighted by molar-refractivity contribution is 5.87. The van der Waals surface area contributed by atoms with Gasteiger partial charge >= 0.3 is 0 Å². The van der Waals surface area contributed by atoms with E-state index >= 15 is 0 Å². The Labute approximate surface area is 104 Å². The van der Waals surface area contributed by atoms with E-state index in [9.17, 15) is 4.39 Å². The Morgan fingerprint density at radius 3 is 3.00 bits per heavy atom. The summed E-state index contributed by atoms with van der Waals surface area (Å²) in [6, 6.07) is 3.74. The topological polar surface area (TPSA) is 63.8 Å². The zero-order valence-corrected chi connectivity index (χ0v) is 9.78. The van der Waals surface area contributed by atoms with Gasteiger partial charge in [-0.25, -0.2) is 9.37 Å². The number of hydrogen-bond donors (Lipinski definition) is 2. The first kappa shape index (κ1) is 11.1. The summed E-state index contributed by atoms with van der Waals surface area (Å²) in [6.45, 7) is 1.77. The highest BCUT2D eigenvalue weighted by atomic mass is 19.1. The second kappa shape index (κ2) is 4.34. The predicted molar refractivity (Wildman–Crippen MR) is 69.4 cm³/mol. The summed E-state index contributed by atoms with van der Waals surface area (Å²) in [7, 11) is 0. The van der Waals surface area contributed by atoms with Gasteiger partial charge in [0.15, 0.2) is 5.82 Å². The molecule has 0 bridgehead atoms. The minimum Gasteiger partial charge on any atom is -0.394 e. The van der Waals surface area contributed by atoms with Crippen molar-refractivity contribution in [3.8, 4) is 0 Å². The molecule has 1 aliphatic heterocycles. The van der Waals surface area contributed by atoms with E-state index in [0.717, 1.165) is 31.4 Å². The van der Waals surface area contributed by atoms with Crippen molar-refractivity contribution in [2.45, 2.75) is 6.42 Å². The van der Waals surface area contributed by atoms with Crippen molar-refractivity contribution in [2.24, 2.45) is 0 Å². The van der Waals surface area contributed by atoms with Crippen LogP contribution in [0.1, 0.15) is 12.1 Å². The maximum absolute atomic E-state index is 13.4. The van der Waals surface area contributed by atoms with Gasteiger partial charge in [-0.3, -0.25) is 4.98 Å². The second-order valence-corrected chi connectivity index (χ2v) is 4.27. The van der Waals surface area contributed by atoms with E-state index in [-0.39, 0.29) is 5.69 Å². The summed E-state index contributed by atoms with van der Waals surface area (Å²) < 4.78 is 13.4. The van der Waals surface area contributed by atoms with Crippen LogP contribution in [0, 0.1) is 5.82 Å². The van der Waals surface area contributed by atoms with Gasteiger partial charge in [-0.2, -0.15) is 0 Å². The zero-order chi connectivity index (χ0) is 12.5. The highest BCUT2D eigenvalue weighted by Crippen LogP contribution is 2.24. The molecule has 0 atom stereocenters. The Morgan fingerprint density at radius 2 is 2.22 bits per heavy atom. The average Bonchev–Trinajstić information content (AvgIpc) is 2.44. The number of hydrogen-bond acceptors (Lipinski definition) is 4. The number of nitrogens with one attached hydrogen (secondary N) is 1. The molecule has 0 aromatic carbocycles. The largest absolute Gasteiger partial charge is 0.394 e. The molecule has 3 rings (SSSR count). The summed E-state index contributed by atoms with van der Waals surface area (Å²) in [5.74, 6) is -0.522. The smallest absolute Gasteiger partial charge is 0.166 e. The van der Waals surface area contributed by atoms with Crippen LogP contribution in [-0.2, 0) is 0 Å². The minimum absolute atomic E-state index is 0.0661. The second-order valence-electron chi connectivity index (χ2n) is 4.27. The SMILES string of the molecule is Nc1c(F)cnc2ccc(C3=CCNCC3)nc12. The average molecular weight is 244 g/mol. The van der Waals surface area contributed by atoms with Crippen molar-refractivity contribution in [1.82, 2.24) is 15.3 Å². The van der Waals surface area contributed by atoms with E-state index in [2.05, 4.69) is 21.4 Å².